The predicted octanol–water partition coefficient (Wildman–Crippen LogP) is 4.81. The molecule has 0 aliphatic carbocycles. The van der Waals surface area contributed by atoms with E-state index in [2.05, 4.69) is 21.3 Å². The third kappa shape index (κ3) is 10.1. The lowest BCUT2D eigenvalue weighted by Gasteiger charge is -2.35. The van der Waals surface area contributed by atoms with E-state index >= 15 is 0 Å². The molecule has 4 saturated heterocycles. The maximum atomic E-state index is 13.9. The summed E-state index contributed by atoms with van der Waals surface area (Å²) >= 11 is 0. The summed E-state index contributed by atoms with van der Waals surface area (Å²) in [5, 5.41) is 14.1. The Morgan fingerprint density at radius 2 is 0.566 bits per heavy atom. The molecule has 0 aromatic carbocycles. The molecule has 4 heterocycles. The highest BCUT2D eigenvalue weighted by molar-refractivity contribution is 5.77. The average molecular weight is 749 g/mol. The normalized spacial score (nSPS) is 32.0. The minimum absolute atomic E-state index is 0.285. The smallest absolute Gasteiger partial charge is 0.310 e. The van der Waals surface area contributed by atoms with E-state index < -0.39 is 75.1 Å². The van der Waals surface area contributed by atoms with Crippen LogP contribution < -0.4 is 21.3 Å². The average Bonchev–Trinajstić information content (AvgIpc) is 3.53. The summed E-state index contributed by atoms with van der Waals surface area (Å²) in [5.74, 6) is -3.53. The van der Waals surface area contributed by atoms with Crippen LogP contribution in [0.25, 0.3) is 0 Å². The van der Waals surface area contributed by atoms with Gasteiger partial charge in [-0.25, -0.2) is 0 Å². The first kappa shape index (κ1) is 43.4. The van der Waals surface area contributed by atoms with Crippen molar-refractivity contribution >= 4 is 23.9 Å². The van der Waals surface area contributed by atoms with Crippen molar-refractivity contribution in [3.8, 4) is 0 Å². The minimum Gasteiger partial charge on any atom is -0.464 e. The summed E-state index contributed by atoms with van der Waals surface area (Å²) in [6.45, 7) is 31.0. The van der Waals surface area contributed by atoms with E-state index in [0.717, 1.165) is 0 Å². The van der Waals surface area contributed by atoms with Crippen LogP contribution in [0.4, 0.5) is 0 Å². The standard InChI is InChI=1S/C41H72N4O8/c1-33(2)17-25(37(9,10)42-33)29(46)50-21-41(22-51-30(47)26-18-34(3,4)43-38(26,11)12,23-52-31(48)27-19-35(5,6)44-39(27,13)14)24-53-32(49)28-20-36(7,8)45-40(28,15)16/h25-28,42-45H,17-24H2,1-16H3. The minimum atomic E-state index is -1.38. The fourth-order valence-corrected chi connectivity index (χ4v) is 10.2. The van der Waals surface area contributed by atoms with Gasteiger partial charge >= 0.3 is 23.9 Å². The Balaban J connectivity index is 1.66. The summed E-state index contributed by atoms with van der Waals surface area (Å²) in [6.07, 6.45) is 2.24. The zero-order chi connectivity index (χ0) is 40.4. The van der Waals surface area contributed by atoms with Gasteiger partial charge < -0.3 is 40.2 Å². The fourth-order valence-electron chi connectivity index (χ4n) is 10.2. The van der Waals surface area contributed by atoms with Crippen molar-refractivity contribution in [1.82, 2.24) is 21.3 Å². The van der Waals surface area contributed by atoms with Gasteiger partial charge in [0.05, 0.1) is 23.7 Å². The number of nitrogens with one attached hydrogen (secondary N) is 4. The number of hydrogen-bond donors (Lipinski definition) is 4. The molecular formula is C41H72N4O8. The lowest BCUT2D eigenvalue weighted by Crippen LogP contribution is -2.50. The van der Waals surface area contributed by atoms with Crippen LogP contribution in [-0.2, 0) is 38.1 Å². The molecule has 12 nitrogen and oxygen atoms in total. The van der Waals surface area contributed by atoms with Crippen LogP contribution in [0.2, 0.25) is 0 Å². The number of rotatable bonds is 12. The first-order chi connectivity index (χ1) is 23.7. The highest BCUT2D eigenvalue weighted by atomic mass is 16.6. The van der Waals surface area contributed by atoms with Gasteiger partial charge in [-0.15, -0.1) is 0 Å². The SMILES string of the molecule is CC1(C)CC(C(=O)OCC(COC(=O)C2CC(C)(C)NC2(C)C)(COC(=O)C2CC(C)(C)NC2(C)C)COC(=O)C2CC(C)(C)NC2(C)C)C(C)(C)N1. The van der Waals surface area contributed by atoms with E-state index in [9.17, 15) is 19.2 Å². The molecule has 4 unspecified atom stereocenters. The molecule has 0 aromatic heterocycles. The van der Waals surface area contributed by atoms with Crippen LogP contribution in [0, 0.1) is 29.1 Å². The monoisotopic (exact) mass is 749 g/mol. The van der Waals surface area contributed by atoms with Gasteiger partial charge in [-0.3, -0.25) is 19.2 Å². The number of carbonyl (C=O) groups excluding carboxylic acids is 4. The second-order valence-electron chi connectivity index (χ2n) is 21.9. The lowest BCUT2D eigenvalue weighted by atomic mass is 9.85. The van der Waals surface area contributed by atoms with Crippen LogP contribution in [0.3, 0.4) is 0 Å². The van der Waals surface area contributed by atoms with E-state index in [-0.39, 0.29) is 48.6 Å². The molecule has 4 N–H and O–H groups in total. The third-order valence-corrected chi connectivity index (χ3v) is 12.2. The number of carbonyl (C=O) groups is 4. The number of hydrogen-bond acceptors (Lipinski definition) is 12. The molecule has 0 saturated carbocycles. The summed E-state index contributed by atoms with van der Waals surface area (Å²) in [7, 11) is 0. The summed E-state index contributed by atoms with van der Waals surface area (Å²) < 4.78 is 24.5. The van der Waals surface area contributed by atoms with Gasteiger partial charge in [0.2, 0.25) is 0 Å². The summed E-state index contributed by atoms with van der Waals surface area (Å²) in [5.41, 5.74) is -4.67. The number of esters is 4. The molecule has 304 valence electrons. The molecule has 0 radical (unpaired) electrons. The molecule has 4 aliphatic heterocycles. The van der Waals surface area contributed by atoms with Crippen LogP contribution in [0.15, 0.2) is 0 Å². The van der Waals surface area contributed by atoms with Crippen molar-refractivity contribution in [1.29, 1.82) is 0 Å². The molecule has 4 aliphatic rings. The molecule has 0 spiro atoms. The first-order valence-electron chi connectivity index (χ1n) is 19.6. The van der Waals surface area contributed by atoms with Crippen LogP contribution in [0.5, 0.6) is 0 Å². The second kappa shape index (κ2) is 14.0. The van der Waals surface area contributed by atoms with Crippen molar-refractivity contribution in [2.45, 2.75) is 181 Å². The van der Waals surface area contributed by atoms with Crippen molar-refractivity contribution < 1.29 is 38.1 Å². The molecule has 53 heavy (non-hydrogen) atoms. The molecule has 0 amide bonds. The van der Waals surface area contributed by atoms with E-state index in [0.29, 0.717) is 25.7 Å². The van der Waals surface area contributed by atoms with Crippen LogP contribution in [0.1, 0.15) is 136 Å². The van der Waals surface area contributed by atoms with Gasteiger partial charge in [0.15, 0.2) is 0 Å². The zero-order valence-electron chi connectivity index (χ0n) is 35.7. The largest absolute Gasteiger partial charge is 0.464 e. The van der Waals surface area contributed by atoms with Crippen molar-refractivity contribution in [3.63, 3.8) is 0 Å². The molecule has 0 aromatic rings. The third-order valence-electron chi connectivity index (χ3n) is 12.2. The van der Waals surface area contributed by atoms with Crippen LogP contribution in [-0.4, -0.2) is 94.6 Å². The molecular weight excluding hydrogens is 676 g/mol. The molecule has 0 bridgehead atoms. The van der Waals surface area contributed by atoms with Gasteiger partial charge in [-0.1, -0.05) is 0 Å². The van der Waals surface area contributed by atoms with E-state index in [1.54, 1.807) is 0 Å². The lowest BCUT2D eigenvalue weighted by molar-refractivity contribution is -0.177. The highest BCUT2D eigenvalue weighted by Crippen LogP contribution is 2.41. The second-order valence-corrected chi connectivity index (χ2v) is 21.9. The van der Waals surface area contributed by atoms with E-state index in [1.165, 1.54) is 0 Å². The summed E-state index contributed by atoms with van der Waals surface area (Å²) in [4.78, 5) is 55.6. The Hall–Kier alpha value is -2.28. The Kier molecular flexibility index (Phi) is 11.5. The zero-order valence-corrected chi connectivity index (χ0v) is 35.7. The van der Waals surface area contributed by atoms with Crippen molar-refractivity contribution in [2.24, 2.45) is 29.1 Å². The fraction of sp³-hybridized carbons (Fsp3) is 0.902. The predicted molar refractivity (Wildman–Crippen MR) is 204 cm³/mol. The first-order valence-corrected chi connectivity index (χ1v) is 19.6. The quantitative estimate of drug-likeness (QED) is 0.160. The van der Waals surface area contributed by atoms with Crippen LogP contribution >= 0.6 is 0 Å². The van der Waals surface area contributed by atoms with Crippen molar-refractivity contribution in [3.05, 3.63) is 0 Å². The molecule has 4 rings (SSSR count). The van der Waals surface area contributed by atoms with Crippen molar-refractivity contribution in [2.75, 3.05) is 26.4 Å². The van der Waals surface area contributed by atoms with Gasteiger partial charge in [0.1, 0.15) is 31.8 Å². The maximum absolute atomic E-state index is 13.9. The Labute approximate surface area is 319 Å². The van der Waals surface area contributed by atoms with Gasteiger partial charge in [0, 0.05) is 44.3 Å². The summed E-state index contributed by atoms with van der Waals surface area (Å²) in [6, 6.07) is 0. The Morgan fingerprint density at radius 1 is 0.396 bits per heavy atom. The molecule has 12 heteroatoms. The maximum Gasteiger partial charge on any atom is 0.310 e. The van der Waals surface area contributed by atoms with E-state index in [1.807, 2.05) is 111 Å². The molecule has 4 fully saturated rings. The van der Waals surface area contributed by atoms with E-state index in [4.69, 9.17) is 18.9 Å². The van der Waals surface area contributed by atoms with Gasteiger partial charge in [-0.2, -0.15) is 0 Å². The number of ether oxygens (including phenoxy) is 4. The Morgan fingerprint density at radius 3 is 0.698 bits per heavy atom. The Bertz CT molecular complexity index is 1210. The molecule has 4 atom stereocenters. The van der Waals surface area contributed by atoms with Gasteiger partial charge in [0.25, 0.3) is 0 Å². The van der Waals surface area contributed by atoms with Gasteiger partial charge in [-0.05, 0) is 136 Å². The topological polar surface area (TPSA) is 153 Å². The highest BCUT2D eigenvalue weighted by Gasteiger charge is 2.54.